The van der Waals surface area contributed by atoms with E-state index in [1.54, 1.807) is 0 Å². The smallest absolute Gasteiger partial charge is 0.183 e. The summed E-state index contributed by atoms with van der Waals surface area (Å²) in [6.45, 7) is 4.08. The number of hydrogen-bond donors (Lipinski definition) is 0. The standard InChI is InChI=1S/C10H11Cl2O/c1-6(2)5-7-9(13)4-3-8(11)10(7)12/h3-4,6H,5H2,1-2H3. The maximum atomic E-state index is 11.4. The van der Waals surface area contributed by atoms with E-state index in [4.69, 9.17) is 23.2 Å². The van der Waals surface area contributed by atoms with Gasteiger partial charge in [-0.05, 0) is 24.5 Å². The quantitative estimate of drug-likeness (QED) is 0.703. The van der Waals surface area contributed by atoms with Crippen molar-refractivity contribution in [3.63, 3.8) is 0 Å². The predicted octanol–water partition coefficient (Wildman–Crippen LogP) is 4.34. The van der Waals surface area contributed by atoms with Crippen LogP contribution >= 0.6 is 23.2 Å². The second-order valence-electron chi connectivity index (χ2n) is 3.44. The normalized spacial score (nSPS) is 10.8. The van der Waals surface area contributed by atoms with Crippen LogP contribution in [0.4, 0.5) is 0 Å². The number of hydrogen-bond acceptors (Lipinski definition) is 0. The van der Waals surface area contributed by atoms with Crippen LogP contribution in [0.1, 0.15) is 19.4 Å². The zero-order valence-electron chi connectivity index (χ0n) is 7.60. The fourth-order valence-corrected chi connectivity index (χ4v) is 1.58. The van der Waals surface area contributed by atoms with Gasteiger partial charge in [0.05, 0.1) is 10.0 Å². The van der Waals surface area contributed by atoms with Crippen molar-refractivity contribution in [2.24, 2.45) is 5.92 Å². The third-order valence-corrected chi connectivity index (χ3v) is 2.61. The topological polar surface area (TPSA) is 19.9 Å². The van der Waals surface area contributed by atoms with Crippen LogP contribution < -0.4 is 0 Å². The van der Waals surface area contributed by atoms with Crippen LogP contribution in [0.15, 0.2) is 12.1 Å². The molecule has 0 heterocycles. The molecule has 1 aromatic carbocycles. The van der Waals surface area contributed by atoms with Crippen molar-refractivity contribution in [1.82, 2.24) is 0 Å². The monoisotopic (exact) mass is 217 g/mol. The molecule has 0 aliphatic rings. The molecule has 0 fully saturated rings. The Labute approximate surface area is 88.3 Å². The zero-order valence-corrected chi connectivity index (χ0v) is 9.12. The van der Waals surface area contributed by atoms with E-state index < -0.39 is 0 Å². The number of halogens is 2. The fraction of sp³-hybridized carbons (Fsp3) is 0.400. The lowest BCUT2D eigenvalue weighted by Crippen LogP contribution is -1.95. The highest BCUT2D eigenvalue weighted by Crippen LogP contribution is 2.34. The van der Waals surface area contributed by atoms with Gasteiger partial charge in [-0.2, -0.15) is 0 Å². The molecule has 0 N–H and O–H groups in total. The van der Waals surface area contributed by atoms with Gasteiger partial charge in [-0.3, -0.25) is 5.11 Å². The Hall–Kier alpha value is -0.400. The maximum absolute atomic E-state index is 11.4. The zero-order chi connectivity index (χ0) is 10.0. The molecule has 13 heavy (non-hydrogen) atoms. The van der Waals surface area contributed by atoms with Crippen molar-refractivity contribution in [2.45, 2.75) is 20.3 Å². The lowest BCUT2D eigenvalue weighted by atomic mass is 10.0. The first kappa shape index (κ1) is 10.7. The third-order valence-electron chi connectivity index (χ3n) is 1.77. The first-order valence-corrected chi connectivity index (χ1v) is 4.92. The van der Waals surface area contributed by atoms with Crippen LogP contribution in [0.25, 0.3) is 0 Å². The van der Waals surface area contributed by atoms with Crippen LogP contribution in [0.3, 0.4) is 0 Å². The Kier molecular flexibility index (Phi) is 3.46. The molecule has 0 atom stereocenters. The van der Waals surface area contributed by atoms with E-state index in [1.807, 2.05) is 13.8 Å². The van der Waals surface area contributed by atoms with Gasteiger partial charge in [0.15, 0.2) is 5.75 Å². The Morgan fingerprint density at radius 2 is 1.92 bits per heavy atom. The molecule has 1 aromatic rings. The van der Waals surface area contributed by atoms with Crippen molar-refractivity contribution in [1.29, 1.82) is 0 Å². The van der Waals surface area contributed by atoms with Gasteiger partial charge in [0.25, 0.3) is 0 Å². The molecule has 0 unspecified atom stereocenters. The summed E-state index contributed by atoms with van der Waals surface area (Å²) in [7, 11) is 0. The van der Waals surface area contributed by atoms with Gasteiger partial charge < -0.3 is 0 Å². The van der Waals surface area contributed by atoms with Crippen molar-refractivity contribution in [3.05, 3.63) is 27.7 Å². The maximum Gasteiger partial charge on any atom is 0.183 e. The summed E-state index contributed by atoms with van der Waals surface area (Å²) in [4.78, 5) is 0. The van der Waals surface area contributed by atoms with Crippen LogP contribution in [0, 0.1) is 5.92 Å². The van der Waals surface area contributed by atoms with Crippen LogP contribution in [-0.2, 0) is 11.5 Å². The Morgan fingerprint density at radius 3 is 2.46 bits per heavy atom. The Balaban J connectivity index is 3.10. The number of rotatable bonds is 2. The van der Waals surface area contributed by atoms with Gasteiger partial charge in [0, 0.05) is 5.56 Å². The van der Waals surface area contributed by atoms with Crippen molar-refractivity contribution in [3.8, 4) is 5.75 Å². The second kappa shape index (κ2) is 4.21. The average Bonchev–Trinajstić information content (AvgIpc) is 2.05. The summed E-state index contributed by atoms with van der Waals surface area (Å²) in [5, 5.41) is 12.2. The minimum atomic E-state index is -0.0249. The fourth-order valence-electron chi connectivity index (χ4n) is 1.17. The van der Waals surface area contributed by atoms with Gasteiger partial charge in [-0.25, -0.2) is 0 Å². The number of benzene rings is 1. The van der Waals surface area contributed by atoms with Crippen molar-refractivity contribution >= 4 is 23.2 Å². The van der Waals surface area contributed by atoms with Crippen molar-refractivity contribution in [2.75, 3.05) is 0 Å². The second-order valence-corrected chi connectivity index (χ2v) is 4.22. The predicted molar refractivity (Wildman–Crippen MR) is 55.1 cm³/mol. The van der Waals surface area contributed by atoms with E-state index in [1.165, 1.54) is 12.1 Å². The summed E-state index contributed by atoms with van der Waals surface area (Å²) in [6.07, 6.45) is 0.679. The van der Waals surface area contributed by atoms with E-state index in [0.717, 1.165) is 0 Å². The van der Waals surface area contributed by atoms with E-state index in [9.17, 15) is 5.11 Å². The molecular weight excluding hydrogens is 207 g/mol. The van der Waals surface area contributed by atoms with E-state index >= 15 is 0 Å². The van der Waals surface area contributed by atoms with E-state index in [0.29, 0.717) is 27.9 Å². The minimum absolute atomic E-state index is 0.0249. The molecule has 0 aliphatic heterocycles. The largest absolute Gasteiger partial charge is 0.290 e. The van der Waals surface area contributed by atoms with E-state index in [-0.39, 0.29) is 5.75 Å². The van der Waals surface area contributed by atoms with Crippen molar-refractivity contribution < 1.29 is 5.11 Å². The van der Waals surface area contributed by atoms with Gasteiger partial charge >= 0.3 is 0 Å². The highest BCUT2D eigenvalue weighted by molar-refractivity contribution is 6.42. The lowest BCUT2D eigenvalue weighted by molar-refractivity contribution is 0.348. The highest BCUT2D eigenvalue weighted by atomic mass is 35.5. The molecule has 0 saturated heterocycles. The lowest BCUT2D eigenvalue weighted by Gasteiger charge is -2.08. The summed E-state index contributed by atoms with van der Waals surface area (Å²) < 4.78 is 0. The average molecular weight is 218 g/mol. The van der Waals surface area contributed by atoms with Gasteiger partial charge in [-0.1, -0.05) is 37.0 Å². The molecule has 0 spiro atoms. The molecule has 0 saturated carbocycles. The first-order chi connectivity index (χ1) is 6.02. The summed E-state index contributed by atoms with van der Waals surface area (Å²) >= 11 is 11.7. The first-order valence-electron chi connectivity index (χ1n) is 4.16. The molecule has 1 nitrogen and oxygen atoms in total. The molecule has 0 amide bonds. The molecule has 0 aromatic heterocycles. The molecule has 1 rings (SSSR count). The molecule has 0 aliphatic carbocycles. The highest BCUT2D eigenvalue weighted by Gasteiger charge is 2.12. The molecule has 1 radical (unpaired) electrons. The molecule has 0 bridgehead atoms. The Morgan fingerprint density at radius 1 is 1.31 bits per heavy atom. The van der Waals surface area contributed by atoms with Crippen LogP contribution in [0.2, 0.25) is 10.0 Å². The van der Waals surface area contributed by atoms with Gasteiger partial charge in [0.2, 0.25) is 0 Å². The summed E-state index contributed by atoms with van der Waals surface area (Å²) in [5.74, 6) is 0.381. The molecular formula is C10H11Cl2O. The van der Waals surface area contributed by atoms with E-state index in [2.05, 4.69) is 0 Å². The van der Waals surface area contributed by atoms with Crippen LogP contribution in [0.5, 0.6) is 5.75 Å². The minimum Gasteiger partial charge on any atom is -0.290 e. The summed E-state index contributed by atoms with van der Waals surface area (Å²) in [6, 6.07) is 3.00. The van der Waals surface area contributed by atoms with Gasteiger partial charge in [0.1, 0.15) is 0 Å². The third kappa shape index (κ3) is 2.52. The van der Waals surface area contributed by atoms with Gasteiger partial charge in [-0.15, -0.1) is 0 Å². The molecule has 71 valence electrons. The Bertz CT molecular complexity index is 308. The molecule has 3 heteroatoms. The van der Waals surface area contributed by atoms with Crippen LogP contribution in [-0.4, -0.2) is 0 Å². The SMILES string of the molecule is CC(C)Cc1c([O])ccc(Cl)c1Cl. The summed E-state index contributed by atoms with van der Waals surface area (Å²) in [5.41, 5.74) is 0.629.